The van der Waals surface area contributed by atoms with E-state index in [1.807, 2.05) is 52.1 Å². The fraction of sp³-hybridized carbons (Fsp3) is 0.744. The first kappa shape index (κ1) is 40.5. The number of aliphatic hydroxyl groups is 1. The van der Waals surface area contributed by atoms with E-state index in [4.69, 9.17) is 13.9 Å². The third-order valence-corrected chi connectivity index (χ3v) is 14.8. The number of ether oxygens (including phenoxy) is 2. The van der Waals surface area contributed by atoms with Crippen LogP contribution in [0.3, 0.4) is 0 Å². The van der Waals surface area contributed by atoms with Gasteiger partial charge < -0.3 is 19.0 Å². The Morgan fingerprint density at radius 3 is 2.41 bits per heavy atom. The minimum atomic E-state index is -1.99. The van der Waals surface area contributed by atoms with Gasteiger partial charge in [-0.15, -0.1) is 0 Å². The lowest BCUT2D eigenvalue weighted by Crippen LogP contribution is -2.52. The molecule has 2 heterocycles. The third-order valence-electron chi connectivity index (χ3n) is 10.4. The standard InChI is InChI=1S/C39H67NO5Si/c1-14-18-32(36(42)38(8,9)34-24-26-43-39(10,11)44-34)35(41)29(3)20-17-19-28(2)22-23-33(45-46(12,13)37(5,6)7)30(4)27-31-21-15-16-25-40-31/h15-16,21-22,25,27,29,32-35,41H,14,17-20,23-24,26H2,1-13H3/b28-22+,30-27+/t29-,32?,33-,34-,35-/m0/s1. The average molecular weight is 658 g/mol. The van der Waals surface area contributed by atoms with Crippen molar-refractivity contribution in [3.8, 4) is 0 Å². The second-order valence-electron chi connectivity index (χ2n) is 16.3. The summed E-state index contributed by atoms with van der Waals surface area (Å²) in [4.78, 5) is 18.5. The van der Waals surface area contributed by atoms with Gasteiger partial charge in [0.2, 0.25) is 0 Å². The fourth-order valence-electron chi connectivity index (χ4n) is 6.09. The molecule has 1 aliphatic rings. The first-order valence-corrected chi connectivity index (χ1v) is 20.6. The summed E-state index contributed by atoms with van der Waals surface area (Å²) in [5.41, 5.74) is 2.77. The van der Waals surface area contributed by atoms with Crippen molar-refractivity contribution >= 4 is 20.2 Å². The molecule has 2 rings (SSSR count). The highest BCUT2D eigenvalue weighted by molar-refractivity contribution is 6.74. The Bertz CT molecular complexity index is 1150. The average Bonchev–Trinajstić information content (AvgIpc) is 2.96. The van der Waals surface area contributed by atoms with Crippen molar-refractivity contribution in [2.75, 3.05) is 6.61 Å². The van der Waals surface area contributed by atoms with Gasteiger partial charge in [0.05, 0.1) is 36.0 Å². The molecule has 1 aliphatic heterocycles. The summed E-state index contributed by atoms with van der Waals surface area (Å²) in [5, 5.41) is 11.6. The minimum Gasteiger partial charge on any atom is -0.410 e. The minimum absolute atomic E-state index is 0.00644. The lowest BCUT2D eigenvalue weighted by Gasteiger charge is -2.44. The van der Waals surface area contributed by atoms with Crippen molar-refractivity contribution in [3.05, 3.63) is 47.3 Å². The summed E-state index contributed by atoms with van der Waals surface area (Å²) in [7, 11) is -1.99. The van der Waals surface area contributed by atoms with Gasteiger partial charge in [-0.2, -0.15) is 0 Å². The normalized spacial score (nSPS) is 21.0. The van der Waals surface area contributed by atoms with Crippen LogP contribution in [0.4, 0.5) is 0 Å². The molecule has 0 aromatic carbocycles. The smallest absolute Gasteiger partial charge is 0.192 e. The molecule has 46 heavy (non-hydrogen) atoms. The van der Waals surface area contributed by atoms with E-state index in [-0.39, 0.29) is 28.9 Å². The topological polar surface area (TPSA) is 77.9 Å². The highest BCUT2D eigenvalue weighted by atomic mass is 28.4. The molecule has 1 unspecified atom stereocenters. The highest BCUT2D eigenvalue weighted by Gasteiger charge is 2.47. The molecule has 5 atom stereocenters. The summed E-state index contributed by atoms with van der Waals surface area (Å²) >= 11 is 0. The first-order valence-electron chi connectivity index (χ1n) is 17.7. The predicted octanol–water partition coefficient (Wildman–Crippen LogP) is 9.93. The van der Waals surface area contributed by atoms with Gasteiger partial charge in [-0.3, -0.25) is 9.78 Å². The molecule has 0 radical (unpaired) electrons. The lowest BCUT2D eigenvalue weighted by atomic mass is 9.71. The van der Waals surface area contributed by atoms with Gasteiger partial charge in [0.15, 0.2) is 14.1 Å². The Labute approximate surface area is 282 Å². The SMILES string of the molecule is CCCC(C(=O)C(C)(C)[C@@H]1CCOC(C)(C)O1)[C@@H](O)[C@@H](C)CCC/C(C)=C/C[C@H](O[Si](C)(C)C(C)(C)C)/C(C)=C/c1ccccn1. The lowest BCUT2D eigenvalue weighted by molar-refractivity contribution is -0.289. The summed E-state index contributed by atoms with van der Waals surface area (Å²) in [6.07, 6.45) is 11.2. The fourth-order valence-corrected chi connectivity index (χ4v) is 7.43. The van der Waals surface area contributed by atoms with Crippen molar-refractivity contribution in [2.45, 2.75) is 163 Å². The predicted molar refractivity (Wildman–Crippen MR) is 194 cm³/mol. The zero-order chi connectivity index (χ0) is 34.9. The highest BCUT2D eigenvalue weighted by Crippen LogP contribution is 2.40. The molecular formula is C39H67NO5Si. The van der Waals surface area contributed by atoms with Crippen molar-refractivity contribution in [2.24, 2.45) is 17.3 Å². The number of hydrogen-bond donors (Lipinski definition) is 1. The van der Waals surface area contributed by atoms with Crippen molar-refractivity contribution in [3.63, 3.8) is 0 Å². The van der Waals surface area contributed by atoms with Gasteiger partial charge in [0.25, 0.3) is 0 Å². The number of aromatic nitrogens is 1. The Morgan fingerprint density at radius 2 is 1.85 bits per heavy atom. The maximum atomic E-state index is 14.0. The molecule has 1 saturated heterocycles. The van der Waals surface area contributed by atoms with Crippen LogP contribution in [0.5, 0.6) is 0 Å². The number of carbonyl (C=O) groups excluding carboxylic acids is 1. The number of rotatable bonds is 17. The van der Waals surface area contributed by atoms with Gasteiger partial charge in [0, 0.05) is 12.1 Å². The molecule has 7 heteroatoms. The number of ketones is 1. The van der Waals surface area contributed by atoms with Crippen LogP contribution in [0.25, 0.3) is 6.08 Å². The van der Waals surface area contributed by atoms with E-state index in [0.29, 0.717) is 19.4 Å². The summed E-state index contributed by atoms with van der Waals surface area (Å²) in [6, 6.07) is 5.98. The molecule has 1 N–H and O–H groups in total. The van der Waals surface area contributed by atoms with Gasteiger partial charge in [-0.1, -0.05) is 72.6 Å². The molecule has 6 nitrogen and oxygen atoms in total. The Balaban J connectivity index is 2.07. The molecule has 0 bridgehead atoms. The van der Waals surface area contributed by atoms with Gasteiger partial charge in [0.1, 0.15) is 5.78 Å². The van der Waals surface area contributed by atoms with Gasteiger partial charge in [-0.05, 0) is 114 Å². The summed E-state index contributed by atoms with van der Waals surface area (Å²) in [5.74, 6) is -0.977. The van der Waals surface area contributed by atoms with E-state index in [1.54, 1.807) is 0 Å². The van der Waals surface area contributed by atoms with Crippen LogP contribution in [0, 0.1) is 17.3 Å². The van der Waals surface area contributed by atoms with E-state index in [2.05, 4.69) is 78.7 Å². The molecule has 1 aromatic heterocycles. The van der Waals surface area contributed by atoms with Crippen LogP contribution in [-0.2, 0) is 18.7 Å². The van der Waals surface area contributed by atoms with Crippen LogP contribution in [0.1, 0.15) is 127 Å². The maximum Gasteiger partial charge on any atom is 0.192 e. The van der Waals surface area contributed by atoms with Crippen LogP contribution >= 0.6 is 0 Å². The number of hydrogen-bond acceptors (Lipinski definition) is 6. The monoisotopic (exact) mass is 657 g/mol. The van der Waals surface area contributed by atoms with Crippen LogP contribution in [-0.4, -0.2) is 54.9 Å². The molecule has 0 amide bonds. The molecule has 1 fully saturated rings. The quantitative estimate of drug-likeness (QED) is 0.133. The van der Waals surface area contributed by atoms with Crippen molar-refractivity contribution in [1.82, 2.24) is 4.98 Å². The Kier molecular flexibility index (Phi) is 15.1. The Hall–Kier alpha value is -1.64. The summed E-state index contributed by atoms with van der Waals surface area (Å²) in [6.45, 7) is 28.3. The molecule has 0 spiro atoms. The zero-order valence-corrected chi connectivity index (χ0v) is 32.5. The van der Waals surface area contributed by atoms with E-state index >= 15 is 0 Å². The molecule has 262 valence electrons. The zero-order valence-electron chi connectivity index (χ0n) is 31.5. The van der Waals surface area contributed by atoms with Crippen molar-refractivity contribution < 1.29 is 23.8 Å². The number of allylic oxidation sites excluding steroid dienone is 1. The van der Waals surface area contributed by atoms with Crippen LogP contribution in [0.15, 0.2) is 41.6 Å². The second kappa shape index (κ2) is 17.1. The van der Waals surface area contributed by atoms with E-state index < -0.39 is 31.5 Å². The van der Waals surface area contributed by atoms with E-state index in [0.717, 1.165) is 37.8 Å². The van der Waals surface area contributed by atoms with E-state index in [1.165, 1.54) is 11.1 Å². The maximum absolute atomic E-state index is 14.0. The summed E-state index contributed by atoms with van der Waals surface area (Å²) < 4.78 is 18.9. The molecular weight excluding hydrogens is 591 g/mol. The van der Waals surface area contributed by atoms with Gasteiger partial charge in [-0.25, -0.2) is 0 Å². The second-order valence-corrected chi connectivity index (χ2v) is 21.0. The number of aliphatic hydroxyl groups excluding tert-OH is 1. The Morgan fingerprint density at radius 1 is 1.17 bits per heavy atom. The third kappa shape index (κ3) is 11.8. The first-order chi connectivity index (χ1) is 21.2. The number of Topliss-reactive ketones (excluding diaryl/α,β-unsaturated/α-hetero) is 1. The van der Waals surface area contributed by atoms with Crippen LogP contribution in [0.2, 0.25) is 18.1 Å². The molecule has 0 saturated carbocycles. The largest absolute Gasteiger partial charge is 0.410 e. The van der Waals surface area contributed by atoms with Gasteiger partial charge >= 0.3 is 0 Å². The van der Waals surface area contributed by atoms with Crippen molar-refractivity contribution in [1.29, 1.82) is 0 Å². The molecule has 0 aliphatic carbocycles. The molecule has 1 aromatic rings. The van der Waals surface area contributed by atoms with Crippen LogP contribution < -0.4 is 0 Å². The van der Waals surface area contributed by atoms with E-state index in [9.17, 15) is 9.90 Å². The number of carbonyl (C=O) groups is 1. The number of pyridine rings is 1. The number of nitrogens with zero attached hydrogens (tertiary/aromatic N) is 1.